The van der Waals surface area contributed by atoms with Gasteiger partial charge in [-0.25, -0.2) is 0 Å². The normalized spacial score (nSPS) is 25.1. The van der Waals surface area contributed by atoms with Crippen molar-refractivity contribution in [3.8, 4) is 0 Å². The number of nitrogens with one attached hydrogen (secondary N) is 1. The van der Waals surface area contributed by atoms with Gasteiger partial charge in [0.1, 0.15) is 5.78 Å². The molecule has 0 heterocycles. The molecule has 2 nitrogen and oxygen atoms in total. The number of hydrogen-bond donors (Lipinski definition) is 1. The molecule has 0 atom stereocenters. The summed E-state index contributed by atoms with van der Waals surface area (Å²) in [6.45, 7) is 0. The monoisotopic (exact) mass is 223 g/mol. The number of rotatable bonds is 5. The van der Waals surface area contributed by atoms with Crippen LogP contribution >= 0.6 is 0 Å². The van der Waals surface area contributed by atoms with E-state index >= 15 is 0 Å². The van der Waals surface area contributed by atoms with Crippen molar-refractivity contribution in [2.45, 2.75) is 69.7 Å². The van der Waals surface area contributed by atoms with Crippen LogP contribution in [0.5, 0.6) is 0 Å². The summed E-state index contributed by atoms with van der Waals surface area (Å²) in [6.07, 6.45) is 11.9. The van der Waals surface area contributed by atoms with Crippen molar-refractivity contribution >= 4 is 5.78 Å². The minimum absolute atomic E-state index is 0.152. The first kappa shape index (κ1) is 12.1. The van der Waals surface area contributed by atoms with E-state index in [9.17, 15) is 4.79 Å². The van der Waals surface area contributed by atoms with E-state index in [0.717, 1.165) is 18.8 Å². The molecule has 92 valence electrons. The Morgan fingerprint density at radius 1 is 1.19 bits per heavy atom. The molecule has 0 aromatic heterocycles. The van der Waals surface area contributed by atoms with E-state index in [-0.39, 0.29) is 5.54 Å². The minimum atomic E-state index is 0.152. The maximum atomic E-state index is 12.0. The van der Waals surface area contributed by atoms with E-state index < -0.39 is 0 Å². The summed E-state index contributed by atoms with van der Waals surface area (Å²) in [7, 11) is 2.03. The molecule has 0 unspecified atom stereocenters. The molecule has 2 fully saturated rings. The van der Waals surface area contributed by atoms with Crippen LogP contribution in [0.2, 0.25) is 0 Å². The van der Waals surface area contributed by atoms with Crippen LogP contribution < -0.4 is 5.32 Å². The second kappa shape index (κ2) is 5.31. The average Bonchev–Trinajstić information content (AvgIpc) is 2.25. The first-order chi connectivity index (χ1) is 7.74. The van der Waals surface area contributed by atoms with Crippen molar-refractivity contribution < 1.29 is 4.79 Å². The predicted molar refractivity (Wildman–Crippen MR) is 66.5 cm³/mol. The largest absolute Gasteiger partial charge is 0.314 e. The summed E-state index contributed by atoms with van der Waals surface area (Å²) < 4.78 is 0. The topological polar surface area (TPSA) is 29.1 Å². The van der Waals surface area contributed by atoms with Crippen LogP contribution in [-0.4, -0.2) is 18.4 Å². The lowest BCUT2D eigenvalue weighted by Gasteiger charge is -2.37. The highest BCUT2D eigenvalue weighted by molar-refractivity contribution is 5.80. The molecule has 0 aromatic rings. The first-order valence-electron chi connectivity index (χ1n) is 6.95. The molecular weight excluding hydrogens is 198 g/mol. The number of carbonyl (C=O) groups excluding carboxylic acids is 1. The van der Waals surface area contributed by atoms with E-state index in [4.69, 9.17) is 0 Å². The zero-order valence-corrected chi connectivity index (χ0v) is 10.6. The lowest BCUT2D eigenvalue weighted by atomic mass is 9.75. The molecule has 0 aromatic carbocycles. The van der Waals surface area contributed by atoms with Crippen LogP contribution in [-0.2, 0) is 4.79 Å². The molecule has 0 aliphatic heterocycles. The summed E-state index contributed by atoms with van der Waals surface area (Å²) in [5, 5.41) is 3.44. The van der Waals surface area contributed by atoms with E-state index in [1.54, 1.807) is 0 Å². The fraction of sp³-hybridized carbons (Fsp3) is 0.929. The van der Waals surface area contributed by atoms with Gasteiger partial charge in [-0.05, 0) is 25.8 Å². The van der Waals surface area contributed by atoms with Crippen LogP contribution in [0.15, 0.2) is 0 Å². The molecule has 0 radical (unpaired) electrons. The summed E-state index contributed by atoms with van der Waals surface area (Å²) in [4.78, 5) is 12.0. The molecule has 2 heteroatoms. The van der Waals surface area contributed by atoms with Crippen molar-refractivity contribution in [3.63, 3.8) is 0 Å². The van der Waals surface area contributed by atoms with Crippen LogP contribution in [0.4, 0.5) is 0 Å². The van der Waals surface area contributed by atoms with Gasteiger partial charge in [0.25, 0.3) is 0 Å². The van der Waals surface area contributed by atoms with Gasteiger partial charge in [0.2, 0.25) is 0 Å². The quantitative estimate of drug-likeness (QED) is 0.776. The molecule has 1 N–H and O–H groups in total. The molecule has 16 heavy (non-hydrogen) atoms. The predicted octanol–water partition coefficient (Wildman–Crippen LogP) is 3.06. The van der Waals surface area contributed by atoms with Crippen LogP contribution in [0.1, 0.15) is 64.2 Å². The first-order valence-corrected chi connectivity index (χ1v) is 6.95. The highest BCUT2D eigenvalue weighted by Gasteiger charge is 2.33. The zero-order chi connectivity index (χ0) is 11.4. The molecule has 0 bridgehead atoms. The third-order valence-corrected chi connectivity index (χ3v) is 4.62. The highest BCUT2D eigenvalue weighted by atomic mass is 16.1. The van der Waals surface area contributed by atoms with Gasteiger partial charge >= 0.3 is 0 Å². The third kappa shape index (κ3) is 2.85. The third-order valence-electron chi connectivity index (χ3n) is 4.62. The Hall–Kier alpha value is -0.370. The van der Waals surface area contributed by atoms with Crippen molar-refractivity contribution in [3.05, 3.63) is 0 Å². The Kier molecular flexibility index (Phi) is 4.01. The second-order valence-corrected chi connectivity index (χ2v) is 5.81. The van der Waals surface area contributed by atoms with Crippen molar-refractivity contribution in [2.24, 2.45) is 5.92 Å². The fourth-order valence-corrected chi connectivity index (χ4v) is 3.21. The maximum absolute atomic E-state index is 12.0. The number of carbonyl (C=O) groups is 1. The van der Waals surface area contributed by atoms with E-state index in [2.05, 4.69) is 5.32 Å². The van der Waals surface area contributed by atoms with Crippen LogP contribution in [0.25, 0.3) is 0 Å². The molecule has 2 aliphatic rings. The Bertz CT molecular complexity index is 239. The molecule has 2 saturated carbocycles. The Labute approximate surface area is 99.2 Å². The number of Topliss-reactive ketones (excluding diaryl/α,β-unsaturated/α-hetero) is 1. The molecule has 0 spiro atoms. The lowest BCUT2D eigenvalue weighted by molar-refractivity contribution is -0.122. The van der Waals surface area contributed by atoms with Gasteiger partial charge in [-0.1, -0.05) is 38.5 Å². The van der Waals surface area contributed by atoms with Gasteiger partial charge in [0.15, 0.2) is 0 Å². The standard InChI is InChI=1S/C14H25NO/c1-15-14(8-3-2-4-9-14)11-13(16)10-12-6-5-7-12/h12,15H,2-11H2,1H3. The summed E-state index contributed by atoms with van der Waals surface area (Å²) in [5.41, 5.74) is 0.152. The van der Waals surface area contributed by atoms with Crippen LogP contribution in [0.3, 0.4) is 0 Å². The lowest BCUT2D eigenvalue weighted by Crippen LogP contribution is -2.46. The van der Waals surface area contributed by atoms with Crippen LogP contribution in [0, 0.1) is 5.92 Å². The summed E-state index contributed by atoms with van der Waals surface area (Å²) in [5.74, 6) is 1.23. The van der Waals surface area contributed by atoms with Gasteiger partial charge in [-0.2, -0.15) is 0 Å². The van der Waals surface area contributed by atoms with Crippen molar-refractivity contribution in [2.75, 3.05) is 7.05 Å². The van der Waals surface area contributed by atoms with Gasteiger partial charge in [0.05, 0.1) is 0 Å². The Balaban J connectivity index is 1.82. The highest BCUT2D eigenvalue weighted by Crippen LogP contribution is 2.34. The minimum Gasteiger partial charge on any atom is -0.314 e. The molecule has 0 amide bonds. The van der Waals surface area contributed by atoms with E-state index in [0.29, 0.717) is 5.78 Å². The van der Waals surface area contributed by atoms with Gasteiger partial charge in [-0.15, -0.1) is 0 Å². The fourth-order valence-electron chi connectivity index (χ4n) is 3.21. The average molecular weight is 223 g/mol. The summed E-state index contributed by atoms with van der Waals surface area (Å²) >= 11 is 0. The van der Waals surface area contributed by atoms with Gasteiger partial charge in [0, 0.05) is 18.4 Å². The molecular formula is C14H25NO. The van der Waals surface area contributed by atoms with Gasteiger partial charge in [-0.3, -0.25) is 4.79 Å². The zero-order valence-electron chi connectivity index (χ0n) is 10.6. The summed E-state index contributed by atoms with van der Waals surface area (Å²) in [6, 6.07) is 0. The maximum Gasteiger partial charge on any atom is 0.135 e. The molecule has 2 aliphatic carbocycles. The van der Waals surface area contributed by atoms with Crippen molar-refractivity contribution in [1.82, 2.24) is 5.32 Å². The van der Waals surface area contributed by atoms with Crippen molar-refractivity contribution in [1.29, 1.82) is 0 Å². The number of hydrogen-bond acceptors (Lipinski definition) is 2. The Morgan fingerprint density at radius 2 is 1.88 bits per heavy atom. The number of ketones is 1. The second-order valence-electron chi connectivity index (χ2n) is 5.81. The molecule has 0 saturated heterocycles. The van der Waals surface area contributed by atoms with E-state index in [1.807, 2.05) is 7.05 Å². The smallest absolute Gasteiger partial charge is 0.135 e. The van der Waals surface area contributed by atoms with Gasteiger partial charge < -0.3 is 5.32 Å². The molecule has 2 rings (SSSR count). The Morgan fingerprint density at radius 3 is 2.38 bits per heavy atom. The SMILES string of the molecule is CNC1(CC(=O)CC2CCC2)CCCCC1. The van der Waals surface area contributed by atoms with E-state index in [1.165, 1.54) is 51.4 Å².